The van der Waals surface area contributed by atoms with Crippen molar-refractivity contribution in [3.8, 4) is 0 Å². The summed E-state index contributed by atoms with van der Waals surface area (Å²) in [6.45, 7) is -0.0849. The van der Waals surface area contributed by atoms with Crippen LogP contribution in [0.25, 0.3) is 0 Å². The Labute approximate surface area is 152 Å². The summed E-state index contributed by atoms with van der Waals surface area (Å²) in [5.74, 6) is -0.876. The number of nitrogens with zero attached hydrogens (tertiary/aromatic N) is 2. The summed E-state index contributed by atoms with van der Waals surface area (Å²) in [4.78, 5) is 52.0. The topological polar surface area (TPSA) is 202 Å². The first kappa shape index (κ1) is 20.2. The van der Waals surface area contributed by atoms with Crippen LogP contribution in [-0.2, 0) is 36.1 Å². The Hall–Kier alpha value is -3.07. The third-order valence-electron chi connectivity index (χ3n) is 3.56. The van der Waals surface area contributed by atoms with E-state index in [2.05, 4.69) is 0 Å². The molecule has 5 amide bonds. The molecule has 2 rings (SSSR count). The smallest absolute Gasteiger partial charge is 0.350 e. The molecule has 0 radical (unpaired) electrons. The lowest BCUT2D eigenvalue weighted by atomic mass is 9.89. The van der Waals surface area contributed by atoms with Crippen LogP contribution in [0.1, 0.15) is 5.56 Å². The van der Waals surface area contributed by atoms with Crippen molar-refractivity contribution in [1.29, 1.82) is 0 Å². The highest BCUT2D eigenvalue weighted by molar-refractivity contribution is 7.84. The van der Waals surface area contributed by atoms with E-state index in [1.165, 1.54) is 0 Å². The predicted octanol–water partition coefficient (Wildman–Crippen LogP) is -2.35. The number of hydroxylamine groups is 1. The van der Waals surface area contributed by atoms with Crippen LogP contribution < -0.4 is 17.1 Å². The second-order valence-electron chi connectivity index (χ2n) is 5.32. The number of hydrazine groups is 1. The number of β-lactam (4-membered cyclic amide) rings is 1. The van der Waals surface area contributed by atoms with Crippen LogP contribution in [0.3, 0.4) is 0 Å². The Bertz CT molecular complexity index is 874. The van der Waals surface area contributed by atoms with Gasteiger partial charge in [0.25, 0.3) is 17.7 Å². The van der Waals surface area contributed by atoms with Crippen LogP contribution in [0.15, 0.2) is 30.3 Å². The van der Waals surface area contributed by atoms with Crippen LogP contribution in [0.2, 0.25) is 0 Å². The minimum atomic E-state index is -5.19. The minimum absolute atomic E-state index is 0.0849. The molecule has 14 heteroatoms. The molecule has 1 aromatic carbocycles. The normalized spacial score (nSPS) is 19.2. The molecule has 1 aromatic rings. The van der Waals surface area contributed by atoms with Gasteiger partial charge >= 0.3 is 16.3 Å². The van der Waals surface area contributed by atoms with Crippen molar-refractivity contribution in [2.45, 2.75) is 12.6 Å². The van der Waals surface area contributed by atoms with Gasteiger partial charge in [-0.3, -0.25) is 23.8 Å². The molecule has 13 nitrogen and oxygen atoms in total. The van der Waals surface area contributed by atoms with Gasteiger partial charge in [-0.1, -0.05) is 30.3 Å². The lowest BCUT2D eigenvalue weighted by Crippen LogP contribution is -2.72. The number of rotatable bonds is 6. The van der Waals surface area contributed by atoms with Crippen LogP contribution in [0.4, 0.5) is 4.79 Å². The Balaban J connectivity index is 2.12. The van der Waals surface area contributed by atoms with Crippen molar-refractivity contribution in [2.75, 3.05) is 0 Å². The average molecular weight is 401 g/mol. The van der Waals surface area contributed by atoms with Gasteiger partial charge in [-0.05, 0) is 5.56 Å². The SMILES string of the molecule is NC(=O)N(N)C(=O)C1C(C(=O)NOCc2ccccc2)C(=O)N1S(=O)(=O)O. The Morgan fingerprint density at radius 1 is 1.26 bits per heavy atom. The molecule has 27 heavy (non-hydrogen) atoms. The summed E-state index contributed by atoms with van der Waals surface area (Å²) in [6.07, 6.45) is 0. The highest BCUT2D eigenvalue weighted by Crippen LogP contribution is 2.30. The van der Waals surface area contributed by atoms with Crippen LogP contribution in [-0.4, -0.2) is 52.1 Å². The Morgan fingerprint density at radius 2 is 1.85 bits per heavy atom. The number of imide groups is 1. The summed E-state index contributed by atoms with van der Waals surface area (Å²) < 4.78 is 31.3. The first-order valence-corrected chi connectivity index (χ1v) is 8.59. The maximum Gasteiger partial charge on any atom is 0.362 e. The van der Waals surface area contributed by atoms with E-state index in [9.17, 15) is 27.6 Å². The van der Waals surface area contributed by atoms with E-state index in [1.807, 2.05) is 5.48 Å². The zero-order chi connectivity index (χ0) is 20.4. The number of primary amides is 1. The Kier molecular flexibility index (Phi) is 5.75. The Morgan fingerprint density at radius 3 is 2.37 bits per heavy atom. The molecule has 0 bridgehead atoms. The van der Waals surface area contributed by atoms with E-state index < -0.39 is 46.0 Å². The highest BCUT2D eigenvalue weighted by atomic mass is 32.2. The van der Waals surface area contributed by atoms with Gasteiger partial charge < -0.3 is 5.73 Å². The number of hydrogen-bond donors (Lipinski definition) is 4. The number of nitrogens with one attached hydrogen (secondary N) is 1. The van der Waals surface area contributed by atoms with Crippen LogP contribution in [0.5, 0.6) is 0 Å². The fourth-order valence-electron chi connectivity index (χ4n) is 2.30. The van der Waals surface area contributed by atoms with Crippen LogP contribution >= 0.6 is 0 Å². The molecule has 0 spiro atoms. The molecule has 146 valence electrons. The maximum atomic E-state index is 12.1. The maximum absolute atomic E-state index is 12.1. The number of carbonyl (C=O) groups excluding carboxylic acids is 4. The molecule has 1 aliphatic rings. The number of benzene rings is 1. The first-order valence-electron chi connectivity index (χ1n) is 7.20. The number of carbonyl (C=O) groups is 4. The summed E-state index contributed by atoms with van der Waals surface area (Å²) in [7, 11) is -5.19. The standard InChI is InChI=1S/C13H15N5O8S/c14-13(22)17(15)12(21)9-8(11(20)18(9)27(23,24)25)10(19)16-26-6-7-4-2-1-3-5-7/h1-5,8-9H,6,15H2,(H2,14,22)(H,16,19)(H,23,24,25). The number of urea groups is 1. The summed E-state index contributed by atoms with van der Waals surface area (Å²) in [6, 6.07) is 5.01. The molecule has 2 atom stereocenters. The molecular weight excluding hydrogens is 386 g/mol. The fraction of sp³-hybridized carbons (Fsp3) is 0.231. The molecule has 2 unspecified atom stereocenters. The fourth-order valence-corrected chi connectivity index (χ4v) is 3.14. The highest BCUT2D eigenvalue weighted by Gasteiger charge is 2.61. The molecule has 1 saturated heterocycles. The van der Waals surface area contributed by atoms with Crippen molar-refractivity contribution in [3.63, 3.8) is 0 Å². The van der Waals surface area contributed by atoms with Crippen molar-refractivity contribution in [3.05, 3.63) is 35.9 Å². The number of amides is 5. The van der Waals surface area contributed by atoms with E-state index >= 15 is 0 Å². The van der Waals surface area contributed by atoms with E-state index in [-0.39, 0.29) is 15.9 Å². The van der Waals surface area contributed by atoms with Crippen molar-refractivity contribution in [1.82, 2.24) is 14.8 Å². The summed E-state index contributed by atoms with van der Waals surface area (Å²) in [5.41, 5.74) is 7.38. The molecule has 1 heterocycles. The minimum Gasteiger partial charge on any atom is -0.350 e. The largest absolute Gasteiger partial charge is 0.362 e. The molecule has 6 N–H and O–H groups in total. The molecule has 1 fully saturated rings. The van der Waals surface area contributed by atoms with E-state index in [1.54, 1.807) is 30.3 Å². The van der Waals surface area contributed by atoms with Gasteiger partial charge in [0.15, 0.2) is 12.0 Å². The monoisotopic (exact) mass is 401 g/mol. The zero-order valence-corrected chi connectivity index (χ0v) is 14.3. The van der Waals surface area contributed by atoms with Gasteiger partial charge in [-0.25, -0.2) is 20.4 Å². The van der Waals surface area contributed by atoms with Crippen molar-refractivity contribution >= 4 is 34.1 Å². The van der Waals surface area contributed by atoms with Gasteiger partial charge in [-0.2, -0.15) is 13.4 Å². The quantitative estimate of drug-likeness (QED) is 0.100. The zero-order valence-electron chi connectivity index (χ0n) is 13.5. The van der Waals surface area contributed by atoms with Gasteiger partial charge in [0.05, 0.1) is 6.61 Å². The molecule has 1 aliphatic heterocycles. The predicted molar refractivity (Wildman–Crippen MR) is 85.7 cm³/mol. The van der Waals surface area contributed by atoms with Crippen molar-refractivity contribution in [2.24, 2.45) is 17.5 Å². The van der Waals surface area contributed by atoms with Crippen LogP contribution in [0, 0.1) is 5.92 Å². The second-order valence-corrected chi connectivity index (χ2v) is 6.61. The third-order valence-corrected chi connectivity index (χ3v) is 4.47. The molecule has 0 saturated carbocycles. The number of nitrogens with two attached hydrogens (primary N) is 2. The van der Waals surface area contributed by atoms with E-state index in [0.717, 1.165) is 0 Å². The number of hydrogen-bond acceptors (Lipinski definition) is 8. The molecular formula is C13H15N5O8S. The molecule has 0 aliphatic carbocycles. The van der Waals surface area contributed by atoms with Crippen molar-refractivity contribution < 1.29 is 37.0 Å². The van der Waals surface area contributed by atoms with Gasteiger partial charge in [0.2, 0.25) is 0 Å². The van der Waals surface area contributed by atoms with Gasteiger partial charge in [-0.15, -0.1) is 0 Å². The summed E-state index contributed by atoms with van der Waals surface area (Å²) >= 11 is 0. The van der Waals surface area contributed by atoms with E-state index in [4.69, 9.17) is 21.0 Å². The lowest BCUT2D eigenvalue weighted by Gasteiger charge is -2.42. The lowest BCUT2D eigenvalue weighted by molar-refractivity contribution is -0.167. The van der Waals surface area contributed by atoms with E-state index in [0.29, 0.717) is 5.56 Å². The third kappa shape index (κ3) is 4.20. The van der Waals surface area contributed by atoms with Gasteiger partial charge in [0.1, 0.15) is 0 Å². The average Bonchev–Trinajstić information content (AvgIpc) is 2.57. The summed E-state index contributed by atoms with van der Waals surface area (Å²) in [5, 5.41) is -0.180. The first-order chi connectivity index (χ1) is 12.6. The second kappa shape index (κ2) is 7.67. The van der Waals surface area contributed by atoms with Gasteiger partial charge in [0, 0.05) is 0 Å². The molecule has 0 aromatic heterocycles.